The predicted octanol–water partition coefficient (Wildman–Crippen LogP) is 3.34. The van der Waals surface area contributed by atoms with Crippen LogP contribution in [0, 0.1) is 11.8 Å². The Morgan fingerprint density at radius 3 is 2.59 bits per heavy atom. The van der Waals surface area contributed by atoms with Gasteiger partial charge < -0.3 is 10.0 Å². The van der Waals surface area contributed by atoms with Crippen molar-refractivity contribution in [2.75, 3.05) is 6.54 Å². The molecule has 1 heterocycles. The quantitative estimate of drug-likeness (QED) is 0.907. The van der Waals surface area contributed by atoms with Crippen LogP contribution in [0.2, 0.25) is 0 Å². The zero-order valence-electron chi connectivity index (χ0n) is 13.6. The van der Waals surface area contributed by atoms with Crippen molar-refractivity contribution in [3.05, 3.63) is 34.9 Å². The minimum absolute atomic E-state index is 0.180. The monoisotopic (exact) mass is 303 g/mol. The molecule has 0 spiro atoms. The minimum atomic E-state index is -0.920. The molecule has 1 aromatic rings. The number of benzene rings is 1. The third-order valence-electron chi connectivity index (χ3n) is 4.22. The molecule has 1 unspecified atom stereocenters. The number of carbonyl (C=O) groups excluding carboxylic acids is 1. The molecule has 1 N–H and O–H groups in total. The molecule has 4 heteroatoms. The van der Waals surface area contributed by atoms with E-state index in [1.807, 2.05) is 11.0 Å². The molecule has 4 nitrogen and oxygen atoms in total. The lowest BCUT2D eigenvalue weighted by molar-refractivity contribution is -0.133. The first-order valence-electron chi connectivity index (χ1n) is 7.99. The summed E-state index contributed by atoms with van der Waals surface area (Å²) in [5, 5.41) is 9.08. The van der Waals surface area contributed by atoms with E-state index in [-0.39, 0.29) is 5.91 Å². The summed E-state index contributed by atoms with van der Waals surface area (Å²) in [7, 11) is 0. The van der Waals surface area contributed by atoms with Gasteiger partial charge in [-0.3, -0.25) is 4.79 Å². The van der Waals surface area contributed by atoms with Crippen LogP contribution in [0.1, 0.15) is 55.1 Å². The standard InChI is InChI=1S/C18H25NO3/c1-12(2)8-13(3)9-17(20)19-7-6-14-4-5-15(18(21)22)10-16(14)11-19/h4-5,10,12-13H,6-9,11H2,1-3H3,(H,21,22). The van der Waals surface area contributed by atoms with Crippen molar-refractivity contribution in [2.45, 2.75) is 46.6 Å². The van der Waals surface area contributed by atoms with E-state index in [2.05, 4.69) is 20.8 Å². The molecule has 0 aromatic heterocycles. The smallest absolute Gasteiger partial charge is 0.335 e. The summed E-state index contributed by atoms with van der Waals surface area (Å²) in [6.07, 6.45) is 2.44. The number of nitrogens with zero attached hydrogens (tertiary/aromatic N) is 1. The van der Waals surface area contributed by atoms with Crippen molar-refractivity contribution in [2.24, 2.45) is 11.8 Å². The summed E-state index contributed by atoms with van der Waals surface area (Å²) in [5.41, 5.74) is 2.42. The topological polar surface area (TPSA) is 57.6 Å². The fourth-order valence-electron chi connectivity index (χ4n) is 3.22. The maximum Gasteiger partial charge on any atom is 0.335 e. The fraction of sp³-hybridized carbons (Fsp3) is 0.556. The number of carboxylic acids is 1. The highest BCUT2D eigenvalue weighted by Crippen LogP contribution is 2.23. The van der Waals surface area contributed by atoms with Gasteiger partial charge in [-0.05, 0) is 47.9 Å². The lowest BCUT2D eigenvalue weighted by atomic mass is 9.94. The molecule has 22 heavy (non-hydrogen) atoms. The lowest BCUT2D eigenvalue weighted by Gasteiger charge is -2.30. The molecule has 0 saturated heterocycles. The van der Waals surface area contributed by atoms with E-state index in [1.54, 1.807) is 12.1 Å². The average Bonchev–Trinajstić information content (AvgIpc) is 2.44. The van der Waals surface area contributed by atoms with Gasteiger partial charge in [-0.25, -0.2) is 4.79 Å². The van der Waals surface area contributed by atoms with E-state index in [0.717, 1.165) is 30.5 Å². The van der Waals surface area contributed by atoms with Crippen LogP contribution < -0.4 is 0 Å². The molecule has 0 radical (unpaired) electrons. The van der Waals surface area contributed by atoms with Crippen LogP contribution in [0.5, 0.6) is 0 Å². The van der Waals surface area contributed by atoms with E-state index in [1.165, 1.54) is 0 Å². The fourth-order valence-corrected chi connectivity index (χ4v) is 3.22. The van der Waals surface area contributed by atoms with Gasteiger partial charge in [0.2, 0.25) is 5.91 Å². The number of fused-ring (bicyclic) bond motifs is 1. The number of carbonyl (C=O) groups is 2. The summed E-state index contributed by atoms with van der Waals surface area (Å²) in [5.74, 6) is 0.249. The van der Waals surface area contributed by atoms with E-state index in [0.29, 0.717) is 30.4 Å². The maximum atomic E-state index is 12.4. The van der Waals surface area contributed by atoms with Gasteiger partial charge in [-0.15, -0.1) is 0 Å². The van der Waals surface area contributed by atoms with Crippen LogP contribution in [0.3, 0.4) is 0 Å². The zero-order chi connectivity index (χ0) is 16.3. The second-order valence-electron chi connectivity index (χ2n) is 6.79. The van der Waals surface area contributed by atoms with Crippen molar-refractivity contribution in [1.82, 2.24) is 4.90 Å². The molecule has 0 saturated carbocycles. The Morgan fingerprint density at radius 1 is 1.23 bits per heavy atom. The van der Waals surface area contributed by atoms with Gasteiger partial charge >= 0.3 is 5.97 Å². The molecular formula is C18H25NO3. The number of amides is 1. The van der Waals surface area contributed by atoms with E-state index in [9.17, 15) is 9.59 Å². The van der Waals surface area contributed by atoms with Gasteiger partial charge in [0.25, 0.3) is 0 Å². The first-order valence-corrected chi connectivity index (χ1v) is 7.99. The van der Waals surface area contributed by atoms with Crippen LogP contribution in [-0.2, 0) is 17.8 Å². The highest BCUT2D eigenvalue weighted by Gasteiger charge is 2.23. The van der Waals surface area contributed by atoms with Crippen molar-refractivity contribution in [3.8, 4) is 0 Å². The number of hydrogen-bond acceptors (Lipinski definition) is 2. The Labute approximate surface area is 132 Å². The minimum Gasteiger partial charge on any atom is -0.478 e. The number of hydrogen-bond donors (Lipinski definition) is 1. The van der Waals surface area contributed by atoms with Gasteiger partial charge in [-0.1, -0.05) is 26.8 Å². The first-order chi connectivity index (χ1) is 10.4. The van der Waals surface area contributed by atoms with Crippen LogP contribution in [-0.4, -0.2) is 28.4 Å². The summed E-state index contributed by atoms with van der Waals surface area (Å²) in [4.78, 5) is 25.4. The van der Waals surface area contributed by atoms with E-state index < -0.39 is 5.97 Å². The number of rotatable bonds is 5. The summed E-state index contributed by atoms with van der Waals surface area (Å²) in [6.45, 7) is 7.73. The summed E-state index contributed by atoms with van der Waals surface area (Å²) >= 11 is 0. The largest absolute Gasteiger partial charge is 0.478 e. The van der Waals surface area contributed by atoms with Crippen molar-refractivity contribution >= 4 is 11.9 Å². The van der Waals surface area contributed by atoms with Crippen LogP contribution >= 0.6 is 0 Å². The predicted molar refractivity (Wildman–Crippen MR) is 85.8 cm³/mol. The molecule has 1 atom stereocenters. The number of carboxylic acid groups (broad SMARTS) is 1. The Kier molecular flexibility index (Phi) is 5.22. The average molecular weight is 303 g/mol. The summed E-state index contributed by atoms with van der Waals surface area (Å²) < 4.78 is 0. The lowest BCUT2D eigenvalue weighted by Crippen LogP contribution is -2.36. The Balaban J connectivity index is 2.03. The van der Waals surface area contributed by atoms with Crippen molar-refractivity contribution in [1.29, 1.82) is 0 Å². The van der Waals surface area contributed by atoms with E-state index >= 15 is 0 Å². The highest BCUT2D eigenvalue weighted by atomic mass is 16.4. The Morgan fingerprint density at radius 2 is 1.95 bits per heavy atom. The van der Waals surface area contributed by atoms with Crippen LogP contribution in [0.25, 0.3) is 0 Å². The number of aromatic carboxylic acids is 1. The Bertz CT molecular complexity index is 565. The third-order valence-corrected chi connectivity index (χ3v) is 4.22. The SMILES string of the molecule is CC(C)CC(C)CC(=O)N1CCc2ccc(C(=O)O)cc2C1. The van der Waals surface area contributed by atoms with Gasteiger partial charge in [0.1, 0.15) is 0 Å². The normalized spacial score (nSPS) is 15.5. The molecule has 0 bridgehead atoms. The molecule has 2 rings (SSSR count). The molecule has 1 aromatic carbocycles. The van der Waals surface area contributed by atoms with Gasteiger partial charge in [-0.2, -0.15) is 0 Å². The first kappa shape index (κ1) is 16.5. The van der Waals surface area contributed by atoms with Gasteiger partial charge in [0.15, 0.2) is 0 Å². The van der Waals surface area contributed by atoms with Gasteiger partial charge in [0, 0.05) is 19.5 Å². The van der Waals surface area contributed by atoms with Gasteiger partial charge in [0.05, 0.1) is 5.56 Å². The highest BCUT2D eigenvalue weighted by molar-refractivity contribution is 5.88. The molecule has 0 fully saturated rings. The molecule has 1 aliphatic heterocycles. The second kappa shape index (κ2) is 6.95. The molecule has 1 amide bonds. The second-order valence-corrected chi connectivity index (χ2v) is 6.79. The van der Waals surface area contributed by atoms with Crippen molar-refractivity contribution < 1.29 is 14.7 Å². The Hall–Kier alpha value is -1.84. The molecule has 1 aliphatic rings. The maximum absolute atomic E-state index is 12.4. The van der Waals surface area contributed by atoms with Crippen molar-refractivity contribution in [3.63, 3.8) is 0 Å². The van der Waals surface area contributed by atoms with Crippen LogP contribution in [0.4, 0.5) is 0 Å². The molecule has 120 valence electrons. The van der Waals surface area contributed by atoms with E-state index in [4.69, 9.17) is 5.11 Å². The summed E-state index contributed by atoms with van der Waals surface area (Å²) in [6, 6.07) is 5.22. The zero-order valence-corrected chi connectivity index (χ0v) is 13.6. The molecule has 0 aliphatic carbocycles. The third kappa shape index (κ3) is 4.09. The van der Waals surface area contributed by atoms with Crippen LogP contribution in [0.15, 0.2) is 18.2 Å². The molecular weight excluding hydrogens is 278 g/mol.